The molecule has 1 amide bonds. The number of aryl methyl sites for hydroxylation is 2. The van der Waals surface area contributed by atoms with Crippen LogP contribution in [0.1, 0.15) is 29.4 Å². The third-order valence-electron chi connectivity index (χ3n) is 3.63. The summed E-state index contributed by atoms with van der Waals surface area (Å²) in [4.78, 5) is 24.0. The van der Waals surface area contributed by atoms with Gasteiger partial charge < -0.3 is 4.52 Å². The van der Waals surface area contributed by atoms with Crippen molar-refractivity contribution >= 4 is 11.8 Å². The number of rotatable bonds is 5. The predicted molar refractivity (Wildman–Crippen MR) is 93.4 cm³/mol. The SMILES string of the molecule is CCCn1nc(C(=O)Nc2cc(-c3ccc(C)cc3)no2)ccc1=O. The van der Waals surface area contributed by atoms with E-state index in [9.17, 15) is 9.59 Å². The van der Waals surface area contributed by atoms with Gasteiger partial charge in [-0.25, -0.2) is 4.68 Å². The van der Waals surface area contributed by atoms with Gasteiger partial charge in [-0.1, -0.05) is 41.9 Å². The van der Waals surface area contributed by atoms with E-state index in [4.69, 9.17) is 4.52 Å². The van der Waals surface area contributed by atoms with Gasteiger partial charge in [-0.3, -0.25) is 14.9 Å². The number of benzene rings is 1. The molecule has 0 aliphatic heterocycles. The van der Waals surface area contributed by atoms with Crippen molar-refractivity contribution in [1.29, 1.82) is 0 Å². The number of carbonyl (C=O) groups excluding carboxylic acids is 1. The van der Waals surface area contributed by atoms with Crippen molar-refractivity contribution in [3.8, 4) is 11.3 Å². The first-order valence-corrected chi connectivity index (χ1v) is 8.00. The van der Waals surface area contributed by atoms with Crippen molar-refractivity contribution in [3.05, 3.63) is 64.1 Å². The summed E-state index contributed by atoms with van der Waals surface area (Å²) in [6.07, 6.45) is 0.750. The summed E-state index contributed by atoms with van der Waals surface area (Å²) < 4.78 is 6.44. The molecule has 0 spiro atoms. The van der Waals surface area contributed by atoms with Gasteiger partial charge in [0.05, 0.1) is 0 Å². The Kier molecular flexibility index (Phi) is 4.74. The predicted octanol–water partition coefficient (Wildman–Crippen LogP) is 2.87. The van der Waals surface area contributed by atoms with Crippen LogP contribution in [0.4, 0.5) is 5.88 Å². The highest BCUT2D eigenvalue weighted by molar-refractivity contribution is 6.02. The number of carbonyl (C=O) groups is 1. The number of hydrogen-bond acceptors (Lipinski definition) is 5. The van der Waals surface area contributed by atoms with Crippen molar-refractivity contribution in [2.24, 2.45) is 0 Å². The number of anilines is 1. The average Bonchev–Trinajstić information content (AvgIpc) is 3.06. The molecule has 25 heavy (non-hydrogen) atoms. The maximum Gasteiger partial charge on any atom is 0.278 e. The van der Waals surface area contributed by atoms with Gasteiger partial charge in [0.25, 0.3) is 11.5 Å². The topological polar surface area (TPSA) is 90.0 Å². The smallest absolute Gasteiger partial charge is 0.278 e. The fraction of sp³-hybridized carbons (Fsp3) is 0.222. The lowest BCUT2D eigenvalue weighted by Gasteiger charge is -2.04. The molecule has 7 heteroatoms. The first kappa shape index (κ1) is 16.6. The first-order chi connectivity index (χ1) is 12.1. The van der Waals surface area contributed by atoms with E-state index < -0.39 is 5.91 Å². The number of nitrogens with one attached hydrogen (secondary N) is 1. The lowest BCUT2D eigenvalue weighted by Crippen LogP contribution is -2.26. The van der Waals surface area contributed by atoms with Gasteiger partial charge in [-0.05, 0) is 19.4 Å². The van der Waals surface area contributed by atoms with Gasteiger partial charge in [0, 0.05) is 24.2 Å². The van der Waals surface area contributed by atoms with Gasteiger partial charge in [-0.2, -0.15) is 5.10 Å². The highest BCUT2D eigenvalue weighted by Crippen LogP contribution is 2.22. The third-order valence-corrected chi connectivity index (χ3v) is 3.63. The van der Waals surface area contributed by atoms with E-state index in [0.29, 0.717) is 12.2 Å². The molecule has 3 rings (SSSR count). The minimum atomic E-state index is -0.462. The maximum atomic E-state index is 12.3. The van der Waals surface area contributed by atoms with E-state index >= 15 is 0 Å². The molecule has 2 aromatic heterocycles. The Balaban J connectivity index is 1.76. The zero-order valence-electron chi connectivity index (χ0n) is 14.0. The van der Waals surface area contributed by atoms with Gasteiger partial charge in [0.2, 0.25) is 5.88 Å². The summed E-state index contributed by atoms with van der Waals surface area (Å²) in [6, 6.07) is 12.2. The highest BCUT2D eigenvalue weighted by Gasteiger charge is 2.13. The molecule has 7 nitrogen and oxygen atoms in total. The second-order valence-electron chi connectivity index (χ2n) is 5.68. The summed E-state index contributed by atoms with van der Waals surface area (Å²) in [6.45, 7) is 4.39. The molecule has 0 atom stereocenters. The van der Waals surface area contributed by atoms with Crippen LogP contribution in [0, 0.1) is 6.92 Å². The molecule has 128 valence electrons. The molecule has 0 bridgehead atoms. The molecular formula is C18H18N4O3. The third kappa shape index (κ3) is 3.82. The van der Waals surface area contributed by atoms with Crippen LogP contribution in [0.5, 0.6) is 0 Å². The van der Waals surface area contributed by atoms with E-state index in [2.05, 4.69) is 15.6 Å². The minimum Gasteiger partial charge on any atom is -0.338 e. The zero-order valence-corrected chi connectivity index (χ0v) is 14.0. The summed E-state index contributed by atoms with van der Waals surface area (Å²) in [7, 11) is 0. The van der Waals surface area contributed by atoms with E-state index in [-0.39, 0.29) is 17.1 Å². The summed E-state index contributed by atoms with van der Waals surface area (Å²) in [5.74, 6) is -0.243. The Morgan fingerprint density at radius 2 is 1.96 bits per heavy atom. The van der Waals surface area contributed by atoms with Crippen molar-refractivity contribution in [2.75, 3.05) is 5.32 Å². The van der Waals surface area contributed by atoms with Crippen molar-refractivity contribution in [2.45, 2.75) is 26.8 Å². The number of hydrogen-bond donors (Lipinski definition) is 1. The van der Waals surface area contributed by atoms with Crippen LogP contribution >= 0.6 is 0 Å². The molecule has 0 aliphatic rings. The lowest BCUT2D eigenvalue weighted by atomic mass is 10.1. The lowest BCUT2D eigenvalue weighted by molar-refractivity contribution is 0.101. The fourth-order valence-electron chi connectivity index (χ4n) is 2.31. The van der Waals surface area contributed by atoms with Gasteiger partial charge in [-0.15, -0.1) is 0 Å². The Labute approximate surface area is 144 Å². The first-order valence-electron chi connectivity index (χ1n) is 8.00. The van der Waals surface area contributed by atoms with Crippen LogP contribution in [0.2, 0.25) is 0 Å². The molecule has 3 aromatic rings. The Hall–Kier alpha value is -3.22. The summed E-state index contributed by atoms with van der Waals surface area (Å²) >= 11 is 0. The summed E-state index contributed by atoms with van der Waals surface area (Å²) in [5.41, 5.74) is 2.57. The van der Waals surface area contributed by atoms with Crippen LogP contribution in [0.25, 0.3) is 11.3 Å². The van der Waals surface area contributed by atoms with E-state index in [1.165, 1.54) is 16.8 Å². The monoisotopic (exact) mass is 338 g/mol. The van der Waals surface area contributed by atoms with Gasteiger partial charge >= 0.3 is 0 Å². The molecule has 1 N–H and O–H groups in total. The molecule has 0 saturated heterocycles. The van der Waals surface area contributed by atoms with E-state index in [0.717, 1.165) is 17.5 Å². The fourth-order valence-corrected chi connectivity index (χ4v) is 2.31. The quantitative estimate of drug-likeness (QED) is 0.772. The normalized spacial score (nSPS) is 10.6. The Morgan fingerprint density at radius 1 is 1.20 bits per heavy atom. The standard InChI is InChI=1S/C18H18N4O3/c1-3-10-22-17(23)9-8-14(20-22)18(24)19-16-11-15(21-25-16)13-6-4-12(2)5-7-13/h4-9,11H,3,10H2,1-2H3,(H,19,24). The molecule has 0 radical (unpaired) electrons. The van der Waals surface area contributed by atoms with E-state index in [1.807, 2.05) is 38.1 Å². The maximum absolute atomic E-state index is 12.3. The van der Waals surface area contributed by atoms with Crippen molar-refractivity contribution in [1.82, 2.24) is 14.9 Å². The Morgan fingerprint density at radius 3 is 2.68 bits per heavy atom. The van der Waals surface area contributed by atoms with Crippen LogP contribution < -0.4 is 10.9 Å². The molecule has 0 saturated carbocycles. The molecule has 0 unspecified atom stereocenters. The largest absolute Gasteiger partial charge is 0.338 e. The second-order valence-corrected chi connectivity index (χ2v) is 5.68. The van der Waals surface area contributed by atoms with Crippen LogP contribution in [0.15, 0.2) is 51.8 Å². The van der Waals surface area contributed by atoms with Crippen LogP contribution in [-0.4, -0.2) is 20.8 Å². The number of aromatic nitrogens is 3. The molecular weight excluding hydrogens is 320 g/mol. The average molecular weight is 338 g/mol. The van der Waals surface area contributed by atoms with Gasteiger partial charge in [0.15, 0.2) is 0 Å². The molecule has 0 aliphatic carbocycles. The number of nitrogens with zero attached hydrogens (tertiary/aromatic N) is 3. The van der Waals surface area contributed by atoms with Gasteiger partial charge in [0.1, 0.15) is 11.4 Å². The van der Waals surface area contributed by atoms with Crippen LogP contribution in [0.3, 0.4) is 0 Å². The zero-order chi connectivity index (χ0) is 17.8. The molecule has 0 fully saturated rings. The van der Waals surface area contributed by atoms with Crippen molar-refractivity contribution in [3.63, 3.8) is 0 Å². The second kappa shape index (κ2) is 7.12. The Bertz CT molecular complexity index is 941. The van der Waals surface area contributed by atoms with Crippen molar-refractivity contribution < 1.29 is 9.32 Å². The minimum absolute atomic E-state index is 0.140. The summed E-state index contributed by atoms with van der Waals surface area (Å²) in [5, 5.41) is 10.6. The highest BCUT2D eigenvalue weighted by atomic mass is 16.5. The van der Waals surface area contributed by atoms with Crippen LogP contribution in [-0.2, 0) is 6.54 Å². The molecule has 2 heterocycles. The number of amides is 1. The van der Waals surface area contributed by atoms with E-state index in [1.54, 1.807) is 6.07 Å². The molecule has 1 aromatic carbocycles.